The van der Waals surface area contributed by atoms with Crippen LogP contribution in [0, 0.1) is 0 Å². The van der Waals surface area contributed by atoms with Gasteiger partial charge in [-0.15, -0.1) is 0 Å². The van der Waals surface area contributed by atoms with E-state index in [4.69, 9.17) is 21.7 Å². The summed E-state index contributed by atoms with van der Waals surface area (Å²) in [4.78, 5) is 26.7. The summed E-state index contributed by atoms with van der Waals surface area (Å²) in [5.74, 6) is 0.167. The van der Waals surface area contributed by atoms with Gasteiger partial charge in [0.2, 0.25) is 0 Å². The number of ether oxygens (including phenoxy) is 2. The molecule has 1 aromatic rings. The van der Waals surface area contributed by atoms with E-state index in [9.17, 15) is 9.59 Å². The van der Waals surface area contributed by atoms with Gasteiger partial charge >= 0.3 is 5.97 Å². The molecule has 2 fully saturated rings. The lowest BCUT2D eigenvalue weighted by molar-refractivity contribution is -0.152. The summed E-state index contributed by atoms with van der Waals surface area (Å²) < 4.78 is 11.5. The lowest BCUT2D eigenvalue weighted by Gasteiger charge is -2.23. The van der Waals surface area contributed by atoms with E-state index in [2.05, 4.69) is 6.92 Å². The molecule has 0 unspecified atom stereocenters. The number of carbonyl (C=O) groups excluding carboxylic acids is 2. The quantitative estimate of drug-likeness (QED) is 0.367. The maximum atomic E-state index is 12.7. The minimum atomic E-state index is -0.387. The van der Waals surface area contributed by atoms with Gasteiger partial charge in [0.1, 0.15) is 22.7 Å². The standard InChI is InChI=1S/C21H25NO4S2/c1-2-12-25-16-10-8-15(9-11-16)13-18-20(24)22(21(27)28-18)14-19(23)26-17-6-4-3-5-7-17/h8-11,13,17H,2-7,12,14H2,1H3/b18-13-. The maximum absolute atomic E-state index is 12.7. The molecule has 28 heavy (non-hydrogen) atoms. The van der Waals surface area contributed by atoms with Crippen molar-refractivity contribution in [3.05, 3.63) is 34.7 Å². The minimum Gasteiger partial charge on any atom is -0.494 e. The Hall–Kier alpha value is -1.86. The number of benzene rings is 1. The molecule has 1 heterocycles. The first-order chi connectivity index (χ1) is 13.6. The summed E-state index contributed by atoms with van der Waals surface area (Å²) >= 11 is 6.51. The number of thioether (sulfide) groups is 1. The van der Waals surface area contributed by atoms with E-state index >= 15 is 0 Å². The third-order valence-corrected chi connectivity index (χ3v) is 6.04. The highest BCUT2D eigenvalue weighted by Gasteiger charge is 2.34. The first-order valence-corrected chi connectivity index (χ1v) is 11.0. The molecule has 1 amide bonds. The molecule has 0 bridgehead atoms. The van der Waals surface area contributed by atoms with Gasteiger partial charge in [-0.05, 0) is 55.9 Å². The average Bonchev–Trinajstić information content (AvgIpc) is 2.95. The molecule has 0 N–H and O–H groups in total. The largest absolute Gasteiger partial charge is 0.494 e. The second-order valence-electron chi connectivity index (χ2n) is 6.94. The zero-order valence-electron chi connectivity index (χ0n) is 16.0. The van der Waals surface area contributed by atoms with Gasteiger partial charge in [-0.1, -0.05) is 49.5 Å². The number of hydrogen-bond acceptors (Lipinski definition) is 6. The van der Waals surface area contributed by atoms with Gasteiger partial charge in [0.15, 0.2) is 0 Å². The van der Waals surface area contributed by atoms with Crippen molar-refractivity contribution in [2.24, 2.45) is 0 Å². The Morgan fingerprint density at radius 1 is 1.25 bits per heavy atom. The van der Waals surface area contributed by atoms with Crippen molar-refractivity contribution in [1.82, 2.24) is 4.90 Å². The number of esters is 1. The van der Waals surface area contributed by atoms with Gasteiger partial charge in [0.05, 0.1) is 11.5 Å². The van der Waals surface area contributed by atoms with Crippen molar-refractivity contribution in [3.63, 3.8) is 0 Å². The Kier molecular flexibility index (Phi) is 7.50. The van der Waals surface area contributed by atoms with Crippen LogP contribution in [0.5, 0.6) is 5.75 Å². The van der Waals surface area contributed by atoms with Crippen molar-refractivity contribution in [2.45, 2.75) is 51.6 Å². The molecule has 3 rings (SSSR count). The molecule has 1 aliphatic carbocycles. The number of carbonyl (C=O) groups is 2. The third-order valence-electron chi connectivity index (χ3n) is 4.66. The summed E-state index contributed by atoms with van der Waals surface area (Å²) in [7, 11) is 0. The molecule has 2 aliphatic rings. The number of rotatable bonds is 7. The van der Waals surface area contributed by atoms with Crippen molar-refractivity contribution in [2.75, 3.05) is 13.2 Å². The molecule has 0 atom stereocenters. The van der Waals surface area contributed by atoms with Gasteiger partial charge in [0, 0.05) is 0 Å². The molecule has 0 spiro atoms. The molecular formula is C21H25NO4S2. The van der Waals surface area contributed by atoms with E-state index in [0.717, 1.165) is 43.4 Å². The third kappa shape index (κ3) is 5.58. The van der Waals surface area contributed by atoms with Crippen LogP contribution in [0.4, 0.5) is 0 Å². The van der Waals surface area contributed by atoms with E-state index in [1.165, 1.54) is 23.1 Å². The van der Waals surface area contributed by atoms with Gasteiger partial charge in [-0.3, -0.25) is 14.5 Å². The van der Waals surface area contributed by atoms with Crippen LogP contribution in [0.3, 0.4) is 0 Å². The van der Waals surface area contributed by atoms with E-state index in [1.807, 2.05) is 24.3 Å². The highest BCUT2D eigenvalue weighted by Crippen LogP contribution is 2.33. The molecule has 0 aromatic heterocycles. The number of thiocarbonyl (C=S) groups is 1. The number of amides is 1. The summed E-state index contributed by atoms with van der Waals surface area (Å²) in [6.07, 6.45) is 7.89. The molecule has 1 aliphatic heterocycles. The Labute approximate surface area is 175 Å². The molecule has 150 valence electrons. The summed E-state index contributed by atoms with van der Waals surface area (Å²) in [5, 5.41) is 0. The number of nitrogens with zero attached hydrogens (tertiary/aromatic N) is 1. The van der Waals surface area contributed by atoms with Crippen LogP contribution in [0.2, 0.25) is 0 Å². The topological polar surface area (TPSA) is 55.8 Å². The second kappa shape index (κ2) is 10.1. The fourth-order valence-electron chi connectivity index (χ4n) is 3.20. The van der Waals surface area contributed by atoms with Crippen LogP contribution >= 0.6 is 24.0 Å². The maximum Gasteiger partial charge on any atom is 0.326 e. The Morgan fingerprint density at radius 3 is 2.64 bits per heavy atom. The van der Waals surface area contributed by atoms with E-state index in [1.54, 1.807) is 6.08 Å². The zero-order chi connectivity index (χ0) is 19.9. The minimum absolute atomic E-state index is 0.0244. The molecule has 0 radical (unpaired) electrons. The fourth-order valence-corrected chi connectivity index (χ4v) is 4.46. The van der Waals surface area contributed by atoms with Crippen LogP contribution in [0.25, 0.3) is 6.08 Å². The van der Waals surface area contributed by atoms with Gasteiger partial charge in [0.25, 0.3) is 5.91 Å². The predicted molar refractivity (Wildman–Crippen MR) is 115 cm³/mol. The van der Waals surface area contributed by atoms with Gasteiger partial charge in [-0.25, -0.2) is 0 Å². The normalized spacial score (nSPS) is 19.3. The van der Waals surface area contributed by atoms with Crippen molar-refractivity contribution < 1.29 is 19.1 Å². The molecule has 1 saturated heterocycles. The summed E-state index contributed by atoms with van der Waals surface area (Å²) in [6.45, 7) is 2.61. The van der Waals surface area contributed by atoms with Crippen LogP contribution < -0.4 is 4.74 Å². The van der Waals surface area contributed by atoms with Crippen molar-refractivity contribution in [1.29, 1.82) is 0 Å². The van der Waals surface area contributed by atoms with E-state index < -0.39 is 0 Å². The van der Waals surface area contributed by atoms with Crippen molar-refractivity contribution in [3.8, 4) is 5.75 Å². The lowest BCUT2D eigenvalue weighted by Crippen LogP contribution is -2.36. The SMILES string of the molecule is CCCOc1ccc(/C=C2\SC(=S)N(CC(=O)OC3CCCCC3)C2=O)cc1. The molecule has 5 nitrogen and oxygen atoms in total. The fraction of sp³-hybridized carbons (Fsp3) is 0.476. The smallest absolute Gasteiger partial charge is 0.326 e. The first-order valence-electron chi connectivity index (χ1n) is 9.74. The molecule has 1 aromatic carbocycles. The highest BCUT2D eigenvalue weighted by atomic mass is 32.2. The van der Waals surface area contributed by atoms with Crippen LogP contribution in [0.1, 0.15) is 51.0 Å². The highest BCUT2D eigenvalue weighted by molar-refractivity contribution is 8.26. The first kappa shape index (κ1) is 20.9. The monoisotopic (exact) mass is 419 g/mol. The lowest BCUT2D eigenvalue weighted by atomic mass is 9.98. The summed E-state index contributed by atoms with van der Waals surface area (Å²) in [5.41, 5.74) is 0.883. The Balaban J connectivity index is 1.59. The van der Waals surface area contributed by atoms with E-state index in [0.29, 0.717) is 15.8 Å². The van der Waals surface area contributed by atoms with Crippen LogP contribution in [-0.2, 0) is 14.3 Å². The van der Waals surface area contributed by atoms with Gasteiger partial charge < -0.3 is 9.47 Å². The molecule has 7 heteroatoms. The number of hydrogen-bond donors (Lipinski definition) is 0. The molecular weight excluding hydrogens is 394 g/mol. The van der Waals surface area contributed by atoms with E-state index in [-0.39, 0.29) is 24.5 Å². The Morgan fingerprint density at radius 2 is 1.96 bits per heavy atom. The molecule has 1 saturated carbocycles. The van der Waals surface area contributed by atoms with Gasteiger partial charge in [-0.2, -0.15) is 0 Å². The zero-order valence-corrected chi connectivity index (χ0v) is 17.7. The second-order valence-corrected chi connectivity index (χ2v) is 8.61. The summed E-state index contributed by atoms with van der Waals surface area (Å²) in [6, 6.07) is 7.55. The predicted octanol–water partition coefficient (Wildman–Crippen LogP) is 4.55. The van der Waals surface area contributed by atoms with Crippen LogP contribution in [0.15, 0.2) is 29.2 Å². The van der Waals surface area contributed by atoms with Crippen molar-refractivity contribution >= 4 is 46.3 Å². The average molecular weight is 420 g/mol. The Bertz CT molecular complexity index is 754. The van der Waals surface area contributed by atoms with Crippen LogP contribution in [-0.4, -0.2) is 40.4 Å².